The molecule has 0 saturated carbocycles. The van der Waals surface area contributed by atoms with E-state index in [1.165, 1.54) is 6.20 Å². The highest BCUT2D eigenvalue weighted by atomic mass is 16.4. The molecule has 1 atom stereocenters. The highest BCUT2D eigenvalue weighted by molar-refractivity contribution is 6.04. The summed E-state index contributed by atoms with van der Waals surface area (Å²) in [5.74, 6) is -0.762. The Kier molecular flexibility index (Phi) is 3.75. The fourth-order valence-electron chi connectivity index (χ4n) is 3.04. The Balaban J connectivity index is 2.14. The van der Waals surface area contributed by atoms with Crippen molar-refractivity contribution in [1.29, 1.82) is 0 Å². The Hall–Kier alpha value is -2.14. The van der Waals surface area contributed by atoms with E-state index in [1.54, 1.807) is 0 Å². The summed E-state index contributed by atoms with van der Waals surface area (Å²) in [6.07, 6.45) is 3.38. The number of hydrogen-bond donors (Lipinski definition) is 2. The van der Waals surface area contributed by atoms with Crippen LogP contribution in [0.4, 0.5) is 5.69 Å². The number of aromatic nitrogens is 1. The maximum absolute atomic E-state index is 11.5. The van der Waals surface area contributed by atoms with E-state index in [4.69, 9.17) is 0 Å². The van der Waals surface area contributed by atoms with Crippen molar-refractivity contribution >= 4 is 22.6 Å². The Bertz CT molecular complexity index is 672. The summed E-state index contributed by atoms with van der Waals surface area (Å²) in [6, 6.07) is 7.59. The Morgan fingerprint density at radius 1 is 1.38 bits per heavy atom. The van der Waals surface area contributed by atoms with Crippen LogP contribution in [-0.2, 0) is 0 Å². The van der Waals surface area contributed by atoms with Gasteiger partial charge in [-0.05, 0) is 24.8 Å². The summed E-state index contributed by atoms with van der Waals surface area (Å²) >= 11 is 0. The van der Waals surface area contributed by atoms with Gasteiger partial charge in [-0.25, -0.2) is 4.79 Å². The molecule has 3 rings (SSSR count). The number of fused-ring (bicyclic) bond motifs is 1. The second-order valence-electron chi connectivity index (χ2n) is 5.48. The molecule has 1 unspecified atom stereocenters. The van der Waals surface area contributed by atoms with Gasteiger partial charge < -0.3 is 15.1 Å². The number of pyridine rings is 1. The molecule has 2 aromatic rings. The van der Waals surface area contributed by atoms with E-state index in [0.29, 0.717) is 6.54 Å². The van der Waals surface area contributed by atoms with Gasteiger partial charge in [0.1, 0.15) is 5.56 Å². The predicted molar refractivity (Wildman–Crippen MR) is 80.7 cm³/mol. The number of nitrogens with zero attached hydrogens (tertiary/aromatic N) is 2. The summed E-state index contributed by atoms with van der Waals surface area (Å²) in [7, 11) is 0. The molecule has 2 heterocycles. The van der Waals surface area contributed by atoms with E-state index in [2.05, 4.69) is 9.88 Å². The number of piperidine rings is 1. The van der Waals surface area contributed by atoms with E-state index >= 15 is 0 Å². The van der Waals surface area contributed by atoms with Crippen molar-refractivity contribution in [3.63, 3.8) is 0 Å². The molecule has 1 aromatic heterocycles. The molecule has 1 fully saturated rings. The lowest BCUT2D eigenvalue weighted by molar-refractivity contribution is 0.0697. The molecule has 0 spiro atoms. The molecule has 2 N–H and O–H groups in total. The predicted octanol–water partition coefficient (Wildman–Crippen LogP) is 2.14. The molecule has 1 saturated heterocycles. The van der Waals surface area contributed by atoms with Crippen LogP contribution in [0.15, 0.2) is 30.5 Å². The van der Waals surface area contributed by atoms with Crippen LogP contribution in [0, 0.1) is 5.92 Å². The van der Waals surface area contributed by atoms with Crippen LogP contribution in [0.1, 0.15) is 23.2 Å². The topological polar surface area (TPSA) is 73.7 Å². The van der Waals surface area contributed by atoms with Crippen LogP contribution in [-0.4, -0.2) is 40.9 Å². The minimum atomic E-state index is -0.964. The Morgan fingerprint density at radius 2 is 2.19 bits per heavy atom. The van der Waals surface area contributed by atoms with E-state index in [1.807, 2.05) is 24.3 Å². The van der Waals surface area contributed by atoms with Crippen LogP contribution in [0.3, 0.4) is 0 Å². The molecular weight excluding hydrogens is 268 g/mol. The Labute approximate surface area is 122 Å². The van der Waals surface area contributed by atoms with Crippen molar-refractivity contribution in [2.24, 2.45) is 5.92 Å². The lowest BCUT2D eigenvalue weighted by Crippen LogP contribution is -2.37. The first-order chi connectivity index (χ1) is 10.2. The van der Waals surface area contributed by atoms with Gasteiger partial charge in [0, 0.05) is 31.3 Å². The van der Waals surface area contributed by atoms with Gasteiger partial charge in [0.25, 0.3) is 0 Å². The number of aliphatic hydroxyl groups excluding tert-OH is 1. The number of carbonyl (C=O) groups is 1. The SMILES string of the molecule is O=C(O)c1cnc2ccccc2c1N1CCCC(CO)C1. The molecule has 0 radical (unpaired) electrons. The van der Waals surface area contributed by atoms with Gasteiger partial charge in [0.05, 0.1) is 11.2 Å². The third-order valence-electron chi connectivity index (χ3n) is 4.07. The number of hydrogen-bond acceptors (Lipinski definition) is 4. The molecule has 0 bridgehead atoms. The quantitative estimate of drug-likeness (QED) is 0.904. The lowest BCUT2D eigenvalue weighted by Gasteiger charge is -2.35. The number of benzene rings is 1. The van der Waals surface area contributed by atoms with E-state index in [0.717, 1.165) is 36.0 Å². The highest BCUT2D eigenvalue weighted by Gasteiger charge is 2.25. The minimum Gasteiger partial charge on any atom is -0.478 e. The van der Waals surface area contributed by atoms with Crippen molar-refractivity contribution in [3.8, 4) is 0 Å². The third-order valence-corrected chi connectivity index (χ3v) is 4.07. The van der Waals surface area contributed by atoms with E-state index in [9.17, 15) is 15.0 Å². The van der Waals surface area contributed by atoms with Crippen molar-refractivity contribution in [3.05, 3.63) is 36.0 Å². The fraction of sp³-hybridized carbons (Fsp3) is 0.375. The third kappa shape index (κ3) is 2.56. The lowest BCUT2D eigenvalue weighted by atomic mass is 9.97. The van der Waals surface area contributed by atoms with Crippen LogP contribution in [0.2, 0.25) is 0 Å². The highest BCUT2D eigenvalue weighted by Crippen LogP contribution is 2.32. The number of aromatic carboxylic acids is 1. The maximum Gasteiger partial charge on any atom is 0.339 e. The molecular formula is C16H18N2O3. The summed E-state index contributed by atoms with van der Waals surface area (Å²) in [5, 5.41) is 19.7. The van der Waals surface area contributed by atoms with Crippen molar-refractivity contribution < 1.29 is 15.0 Å². The molecule has 1 aliphatic rings. The first-order valence-electron chi connectivity index (χ1n) is 7.17. The van der Waals surface area contributed by atoms with Gasteiger partial charge in [0.2, 0.25) is 0 Å². The number of aliphatic hydroxyl groups is 1. The van der Waals surface area contributed by atoms with Crippen molar-refractivity contribution in [2.45, 2.75) is 12.8 Å². The fourth-order valence-corrected chi connectivity index (χ4v) is 3.04. The zero-order chi connectivity index (χ0) is 14.8. The van der Waals surface area contributed by atoms with Gasteiger partial charge in [-0.15, -0.1) is 0 Å². The standard InChI is InChI=1S/C16H18N2O3/c19-10-11-4-3-7-18(9-11)15-12-5-1-2-6-14(12)17-8-13(15)16(20)21/h1-2,5-6,8,11,19H,3-4,7,9-10H2,(H,20,21). The summed E-state index contributed by atoms with van der Waals surface area (Å²) in [5.41, 5.74) is 1.75. The zero-order valence-corrected chi connectivity index (χ0v) is 11.7. The Morgan fingerprint density at radius 3 is 2.95 bits per heavy atom. The number of rotatable bonds is 3. The number of anilines is 1. The first-order valence-corrected chi connectivity index (χ1v) is 7.17. The van der Waals surface area contributed by atoms with E-state index in [-0.39, 0.29) is 18.1 Å². The first kappa shape index (κ1) is 13.8. The normalized spacial score (nSPS) is 18.9. The minimum absolute atomic E-state index is 0.141. The molecule has 5 heteroatoms. The number of para-hydroxylation sites is 1. The molecule has 1 aliphatic heterocycles. The monoisotopic (exact) mass is 286 g/mol. The van der Waals surface area contributed by atoms with Gasteiger partial charge in [0.15, 0.2) is 0 Å². The van der Waals surface area contributed by atoms with Crippen LogP contribution in [0.25, 0.3) is 10.9 Å². The van der Waals surface area contributed by atoms with Crippen LogP contribution in [0.5, 0.6) is 0 Å². The van der Waals surface area contributed by atoms with Crippen LogP contribution < -0.4 is 4.90 Å². The molecule has 110 valence electrons. The zero-order valence-electron chi connectivity index (χ0n) is 11.7. The summed E-state index contributed by atoms with van der Waals surface area (Å²) in [6.45, 7) is 1.64. The molecule has 21 heavy (non-hydrogen) atoms. The van der Waals surface area contributed by atoms with Gasteiger partial charge >= 0.3 is 5.97 Å². The van der Waals surface area contributed by atoms with Gasteiger partial charge in [-0.2, -0.15) is 0 Å². The molecule has 5 nitrogen and oxygen atoms in total. The summed E-state index contributed by atoms with van der Waals surface area (Å²) < 4.78 is 0. The molecule has 0 amide bonds. The second kappa shape index (κ2) is 5.69. The van der Waals surface area contributed by atoms with Crippen molar-refractivity contribution in [1.82, 2.24) is 4.98 Å². The number of carboxylic acid groups (broad SMARTS) is 1. The average Bonchev–Trinajstić information content (AvgIpc) is 2.53. The smallest absolute Gasteiger partial charge is 0.339 e. The van der Waals surface area contributed by atoms with Gasteiger partial charge in [-0.1, -0.05) is 18.2 Å². The van der Waals surface area contributed by atoms with Gasteiger partial charge in [-0.3, -0.25) is 4.98 Å². The largest absolute Gasteiger partial charge is 0.478 e. The molecule has 0 aliphatic carbocycles. The van der Waals surface area contributed by atoms with Crippen molar-refractivity contribution in [2.75, 3.05) is 24.6 Å². The number of carboxylic acids is 1. The average molecular weight is 286 g/mol. The molecule has 1 aromatic carbocycles. The summed E-state index contributed by atoms with van der Waals surface area (Å²) in [4.78, 5) is 17.9. The van der Waals surface area contributed by atoms with Crippen LogP contribution >= 0.6 is 0 Å². The maximum atomic E-state index is 11.5. The van der Waals surface area contributed by atoms with E-state index < -0.39 is 5.97 Å². The second-order valence-corrected chi connectivity index (χ2v) is 5.48.